The first-order valence-corrected chi connectivity index (χ1v) is 8.48. The van der Waals surface area contributed by atoms with Gasteiger partial charge in [-0.15, -0.1) is 0 Å². The van der Waals surface area contributed by atoms with E-state index in [1.165, 1.54) is 5.56 Å². The normalized spacial score (nSPS) is 10.8. The Morgan fingerprint density at radius 1 is 1.09 bits per heavy atom. The van der Waals surface area contributed by atoms with Crippen molar-refractivity contribution in [3.63, 3.8) is 0 Å². The van der Waals surface area contributed by atoms with Crippen molar-refractivity contribution in [2.45, 2.75) is 33.6 Å². The zero-order valence-corrected chi connectivity index (χ0v) is 14.8. The van der Waals surface area contributed by atoms with E-state index < -0.39 is 0 Å². The van der Waals surface area contributed by atoms with Gasteiger partial charge in [0.25, 0.3) is 0 Å². The molecule has 0 saturated heterocycles. The average molecular weight is 333 g/mol. The van der Waals surface area contributed by atoms with Crippen LogP contribution in [0.2, 0.25) is 5.02 Å². The second-order valence-electron chi connectivity index (χ2n) is 6.13. The molecule has 0 bridgehead atoms. The van der Waals surface area contributed by atoms with E-state index in [0.717, 1.165) is 42.5 Å². The average Bonchev–Trinajstić information content (AvgIpc) is 2.46. The maximum Gasteiger partial charge on any atom is 0.224 e. The molecule has 2 rings (SSSR count). The van der Waals surface area contributed by atoms with Gasteiger partial charge in [0, 0.05) is 29.9 Å². The highest BCUT2D eigenvalue weighted by Crippen LogP contribution is 2.13. The van der Waals surface area contributed by atoms with Gasteiger partial charge in [-0.1, -0.05) is 37.6 Å². The topological polar surface area (TPSA) is 49.8 Å². The minimum atomic E-state index is 0.666. The van der Waals surface area contributed by atoms with Crippen LogP contribution >= 0.6 is 11.6 Å². The predicted molar refractivity (Wildman–Crippen MR) is 98.4 cm³/mol. The van der Waals surface area contributed by atoms with E-state index in [4.69, 9.17) is 11.6 Å². The molecule has 1 heterocycles. The molecule has 0 aliphatic rings. The Kier molecular flexibility index (Phi) is 6.66. The van der Waals surface area contributed by atoms with Gasteiger partial charge in [0.2, 0.25) is 5.95 Å². The van der Waals surface area contributed by atoms with E-state index in [1.54, 1.807) is 0 Å². The lowest BCUT2D eigenvalue weighted by molar-refractivity contribution is 0.606. The highest BCUT2D eigenvalue weighted by molar-refractivity contribution is 6.30. The molecule has 1 aromatic heterocycles. The third kappa shape index (κ3) is 6.45. The van der Waals surface area contributed by atoms with Crippen LogP contribution in [0.15, 0.2) is 30.3 Å². The Balaban J connectivity index is 1.88. The van der Waals surface area contributed by atoms with E-state index in [9.17, 15) is 0 Å². The van der Waals surface area contributed by atoms with Crippen LogP contribution in [0.5, 0.6) is 0 Å². The summed E-state index contributed by atoms with van der Waals surface area (Å²) in [5.74, 6) is 2.23. The van der Waals surface area contributed by atoms with Crippen molar-refractivity contribution in [2.24, 2.45) is 5.92 Å². The number of nitrogens with one attached hydrogen (secondary N) is 2. The van der Waals surface area contributed by atoms with Crippen LogP contribution in [0.1, 0.15) is 31.5 Å². The van der Waals surface area contributed by atoms with Crippen molar-refractivity contribution in [1.29, 1.82) is 0 Å². The van der Waals surface area contributed by atoms with Gasteiger partial charge in [0.05, 0.1) is 0 Å². The van der Waals surface area contributed by atoms with Crippen molar-refractivity contribution < 1.29 is 0 Å². The molecule has 5 heteroatoms. The molecule has 2 aromatic rings. The molecule has 124 valence electrons. The van der Waals surface area contributed by atoms with Gasteiger partial charge >= 0.3 is 0 Å². The van der Waals surface area contributed by atoms with E-state index in [-0.39, 0.29) is 0 Å². The molecule has 0 atom stereocenters. The van der Waals surface area contributed by atoms with E-state index in [2.05, 4.69) is 40.5 Å². The molecule has 0 amide bonds. The van der Waals surface area contributed by atoms with Gasteiger partial charge in [-0.2, -0.15) is 4.98 Å². The molecule has 23 heavy (non-hydrogen) atoms. The van der Waals surface area contributed by atoms with Crippen LogP contribution in [0.3, 0.4) is 0 Å². The lowest BCUT2D eigenvalue weighted by atomic mass is 10.1. The summed E-state index contributed by atoms with van der Waals surface area (Å²) in [5.41, 5.74) is 2.16. The summed E-state index contributed by atoms with van der Waals surface area (Å²) < 4.78 is 0. The summed E-state index contributed by atoms with van der Waals surface area (Å²) in [7, 11) is 0. The summed E-state index contributed by atoms with van der Waals surface area (Å²) in [6, 6.07) is 9.89. The molecule has 0 radical (unpaired) electrons. The molecule has 1 aromatic carbocycles. The number of hydrogen-bond acceptors (Lipinski definition) is 4. The first kappa shape index (κ1) is 17.5. The quantitative estimate of drug-likeness (QED) is 0.744. The van der Waals surface area contributed by atoms with Crippen LogP contribution in [-0.4, -0.2) is 23.1 Å². The third-order valence-electron chi connectivity index (χ3n) is 3.47. The lowest BCUT2D eigenvalue weighted by Crippen LogP contribution is -2.11. The summed E-state index contributed by atoms with van der Waals surface area (Å²) in [6.45, 7) is 8.12. The summed E-state index contributed by atoms with van der Waals surface area (Å²) in [5, 5.41) is 7.42. The summed E-state index contributed by atoms with van der Waals surface area (Å²) >= 11 is 6.00. The maximum atomic E-state index is 6.00. The van der Waals surface area contributed by atoms with Gasteiger partial charge in [-0.05, 0) is 43.4 Å². The minimum absolute atomic E-state index is 0.666. The highest BCUT2D eigenvalue weighted by atomic mass is 35.5. The van der Waals surface area contributed by atoms with Crippen molar-refractivity contribution >= 4 is 23.4 Å². The van der Waals surface area contributed by atoms with Crippen molar-refractivity contribution in [1.82, 2.24) is 9.97 Å². The third-order valence-corrected chi connectivity index (χ3v) is 3.70. The predicted octanol–water partition coefficient (Wildman–Crippen LogP) is 4.55. The summed E-state index contributed by atoms with van der Waals surface area (Å²) in [4.78, 5) is 8.96. The van der Waals surface area contributed by atoms with Crippen LogP contribution in [-0.2, 0) is 6.42 Å². The number of halogens is 1. The molecular formula is C18H25ClN4. The second-order valence-corrected chi connectivity index (χ2v) is 6.57. The fraction of sp³-hybridized carbons (Fsp3) is 0.444. The molecule has 0 unspecified atom stereocenters. The van der Waals surface area contributed by atoms with Gasteiger partial charge in [0.1, 0.15) is 5.82 Å². The first-order valence-electron chi connectivity index (χ1n) is 8.11. The molecule has 0 aliphatic heterocycles. The monoisotopic (exact) mass is 332 g/mol. The smallest absolute Gasteiger partial charge is 0.224 e. The van der Waals surface area contributed by atoms with Gasteiger partial charge < -0.3 is 10.6 Å². The number of nitrogens with zero attached hydrogens (tertiary/aromatic N) is 2. The Morgan fingerprint density at radius 2 is 1.91 bits per heavy atom. The van der Waals surface area contributed by atoms with E-state index in [0.29, 0.717) is 11.9 Å². The number of aromatic nitrogens is 2. The van der Waals surface area contributed by atoms with Gasteiger partial charge in [0.15, 0.2) is 0 Å². The van der Waals surface area contributed by atoms with Crippen LogP contribution in [0, 0.1) is 12.8 Å². The summed E-state index contributed by atoms with van der Waals surface area (Å²) in [6.07, 6.45) is 2.01. The van der Waals surface area contributed by atoms with Crippen molar-refractivity contribution in [2.75, 3.05) is 23.7 Å². The number of aryl methyl sites for hydroxylation is 1. The number of benzene rings is 1. The van der Waals surface area contributed by atoms with Crippen LogP contribution < -0.4 is 10.6 Å². The first-order chi connectivity index (χ1) is 11.0. The Morgan fingerprint density at radius 3 is 2.65 bits per heavy atom. The van der Waals surface area contributed by atoms with E-state index >= 15 is 0 Å². The fourth-order valence-electron chi connectivity index (χ4n) is 2.24. The van der Waals surface area contributed by atoms with E-state index in [1.807, 2.05) is 31.2 Å². The number of rotatable bonds is 8. The number of anilines is 2. The molecule has 2 N–H and O–H groups in total. The Bertz CT molecular complexity index is 628. The molecule has 0 spiro atoms. The number of hydrogen-bond donors (Lipinski definition) is 2. The highest BCUT2D eigenvalue weighted by Gasteiger charge is 2.03. The lowest BCUT2D eigenvalue weighted by Gasteiger charge is -2.11. The maximum absolute atomic E-state index is 6.00. The van der Waals surface area contributed by atoms with Crippen molar-refractivity contribution in [3.8, 4) is 0 Å². The second kappa shape index (κ2) is 8.73. The fourth-order valence-corrected chi connectivity index (χ4v) is 2.45. The molecule has 0 aliphatic carbocycles. The van der Waals surface area contributed by atoms with Gasteiger partial charge in [-0.25, -0.2) is 4.98 Å². The largest absolute Gasteiger partial charge is 0.370 e. The standard InChI is InChI=1S/C18H25ClN4/c1-13(2)7-9-20-17-11-14(3)22-18(23-17)21-10-8-15-5-4-6-16(19)12-15/h4-6,11-13H,7-10H2,1-3H3,(H2,20,21,22,23). The van der Waals surface area contributed by atoms with Crippen LogP contribution in [0.4, 0.5) is 11.8 Å². The zero-order chi connectivity index (χ0) is 16.7. The molecule has 0 fully saturated rings. The molecule has 4 nitrogen and oxygen atoms in total. The molecule has 0 saturated carbocycles. The Hall–Kier alpha value is -1.81. The van der Waals surface area contributed by atoms with Gasteiger partial charge in [-0.3, -0.25) is 0 Å². The molecular weight excluding hydrogens is 308 g/mol. The van der Waals surface area contributed by atoms with Crippen LogP contribution in [0.25, 0.3) is 0 Å². The minimum Gasteiger partial charge on any atom is -0.370 e. The zero-order valence-electron chi connectivity index (χ0n) is 14.1. The van der Waals surface area contributed by atoms with Crippen molar-refractivity contribution in [3.05, 3.63) is 46.6 Å². The Labute approximate surface area is 143 Å². The SMILES string of the molecule is Cc1cc(NCCC(C)C)nc(NCCc2cccc(Cl)c2)n1.